The number of pyridine rings is 2. The quantitative estimate of drug-likeness (QED) is 0.833. The first kappa shape index (κ1) is 14.2. The topological polar surface area (TPSA) is 58.0 Å². The summed E-state index contributed by atoms with van der Waals surface area (Å²) in [7, 11) is 0. The molecule has 0 amide bonds. The molecule has 6 heteroatoms. The molecule has 2 aromatic rings. The molecule has 2 heterocycles. The van der Waals surface area contributed by atoms with Gasteiger partial charge < -0.3 is 10.4 Å². The number of hydrogen-bond donors (Lipinski definition) is 2. The van der Waals surface area contributed by atoms with E-state index in [1.165, 1.54) is 0 Å². The van der Waals surface area contributed by atoms with Crippen molar-refractivity contribution >= 4 is 23.2 Å². The van der Waals surface area contributed by atoms with Crippen molar-refractivity contribution in [1.29, 1.82) is 0 Å². The summed E-state index contributed by atoms with van der Waals surface area (Å²) in [6.45, 7) is 0.466. The highest BCUT2D eigenvalue weighted by molar-refractivity contribution is 6.32. The normalized spacial score (nSPS) is 12.4. The maximum absolute atomic E-state index is 9.41. The van der Waals surface area contributed by atoms with Crippen LogP contribution in [0.4, 0.5) is 0 Å². The highest BCUT2D eigenvalue weighted by atomic mass is 35.5. The monoisotopic (exact) mass is 297 g/mol. The minimum Gasteiger partial charge on any atom is -0.394 e. The number of rotatable bonds is 5. The summed E-state index contributed by atoms with van der Waals surface area (Å²) < 4.78 is 0. The van der Waals surface area contributed by atoms with Gasteiger partial charge in [0.25, 0.3) is 0 Å². The molecule has 0 aliphatic rings. The van der Waals surface area contributed by atoms with Gasteiger partial charge in [-0.3, -0.25) is 4.98 Å². The highest BCUT2D eigenvalue weighted by Gasteiger charge is 2.11. The molecule has 0 aliphatic heterocycles. The molecule has 19 heavy (non-hydrogen) atoms. The number of nitrogens with one attached hydrogen (secondary N) is 1. The summed E-state index contributed by atoms with van der Waals surface area (Å²) in [6, 6.07) is 7.03. The molecule has 0 fully saturated rings. The molecule has 2 aromatic heterocycles. The molecule has 0 radical (unpaired) electrons. The average Bonchev–Trinajstić information content (AvgIpc) is 2.43. The van der Waals surface area contributed by atoms with Gasteiger partial charge in [-0.2, -0.15) is 0 Å². The van der Waals surface area contributed by atoms with Crippen molar-refractivity contribution in [2.45, 2.75) is 12.6 Å². The largest absolute Gasteiger partial charge is 0.394 e. The number of aromatic nitrogens is 2. The third kappa shape index (κ3) is 3.88. The fraction of sp³-hybridized carbons (Fsp3) is 0.231. The summed E-state index contributed by atoms with van der Waals surface area (Å²) in [5.41, 5.74) is 1.75. The van der Waals surface area contributed by atoms with Crippen LogP contribution in [-0.2, 0) is 6.54 Å². The minimum atomic E-state index is -0.194. The van der Waals surface area contributed by atoms with E-state index >= 15 is 0 Å². The van der Waals surface area contributed by atoms with E-state index < -0.39 is 0 Å². The Bertz CT molecular complexity index is 537. The minimum absolute atomic E-state index is 0.0235. The predicted octanol–water partition coefficient (Wildman–Crippen LogP) is 2.61. The zero-order valence-electron chi connectivity index (χ0n) is 10.1. The Labute approximate surface area is 121 Å². The van der Waals surface area contributed by atoms with E-state index in [4.69, 9.17) is 23.2 Å². The van der Waals surface area contributed by atoms with Crippen molar-refractivity contribution < 1.29 is 5.11 Å². The van der Waals surface area contributed by atoms with Gasteiger partial charge in [0.2, 0.25) is 0 Å². The van der Waals surface area contributed by atoms with Crippen LogP contribution < -0.4 is 5.32 Å². The zero-order valence-corrected chi connectivity index (χ0v) is 11.6. The van der Waals surface area contributed by atoms with Crippen molar-refractivity contribution in [2.24, 2.45) is 0 Å². The molecule has 0 saturated carbocycles. The van der Waals surface area contributed by atoms with Gasteiger partial charge >= 0.3 is 0 Å². The van der Waals surface area contributed by atoms with Crippen LogP contribution in [-0.4, -0.2) is 21.7 Å². The van der Waals surface area contributed by atoms with E-state index in [2.05, 4.69) is 15.3 Å². The van der Waals surface area contributed by atoms with Crippen molar-refractivity contribution in [2.75, 3.05) is 6.61 Å². The van der Waals surface area contributed by atoms with Gasteiger partial charge in [-0.05, 0) is 17.7 Å². The second-order valence-electron chi connectivity index (χ2n) is 3.99. The molecular formula is C13H13Cl2N3O. The van der Waals surface area contributed by atoms with Crippen LogP contribution in [0.15, 0.2) is 36.7 Å². The van der Waals surface area contributed by atoms with E-state index in [0.717, 1.165) is 11.1 Å². The Hall–Kier alpha value is -1.20. The molecule has 2 N–H and O–H groups in total. The number of aliphatic hydroxyl groups is 1. The first-order chi connectivity index (χ1) is 9.20. The van der Waals surface area contributed by atoms with Crippen LogP contribution in [0.2, 0.25) is 10.3 Å². The van der Waals surface area contributed by atoms with Gasteiger partial charge in [-0.25, -0.2) is 4.98 Å². The molecule has 0 spiro atoms. The van der Waals surface area contributed by atoms with Crippen LogP contribution in [0.3, 0.4) is 0 Å². The molecule has 1 unspecified atom stereocenters. The molecule has 0 saturated heterocycles. The zero-order chi connectivity index (χ0) is 13.7. The lowest BCUT2D eigenvalue weighted by Crippen LogP contribution is -2.24. The Morgan fingerprint density at radius 2 is 2.11 bits per heavy atom. The Balaban J connectivity index is 2.04. The lowest BCUT2D eigenvalue weighted by Gasteiger charge is -2.16. The Kier molecular flexibility index (Phi) is 5.10. The molecule has 0 bridgehead atoms. The van der Waals surface area contributed by atoms with E-state index in [0.29, 0.717) is 16.9 Å². The van der Waals surface area contributed by atoms with Crippen molar-refractivity contribution in [3.05, 3.63) is 58.1 Å². The van der Waals surface area contributed by atoms with Crippen LogP contribution in [0.5, 0.6) is 0 Å². The van der Waals surface area contributed by atoms with Gasteiger partial charge in [0, 0.05) is 24.5 Å². The lowest BCUT2D eigenvalue weighted by atomic mass is 10.1. The van der Waals surface area contributed by atoms with E-state index in [1.54, 1.807) is 18.5 Å². The van der Waals surface area contributed by atoms with Crippen LogP contribution in [0.25, 0.3) is 0 Å². The van der Waals surface area contributed by atoms with Crippen LogP contribution in [0.1, 0.15) is 17.2 Å². The van der Waals surface area contributed by atoms with E-state index in [-0.39, 0.29) is 12.6 Å². The molecule has 100 valence electrons. The molecule has 0 aromatic carbocycles. The number of halogens is 2. The van der Waals surface area contributed by atoms with Gasteiger partial charge in [-0.1, -0.05) is 35.3 Å². The standard InChI is InChI=1S/C13H13Cl2N3O/c14-12-4-3-10(13(15)18-12)7-17-11(8-19)9-2-1-5-16-6-9/h1-6,11,17,19H,7-8H2. The summed E-state index contributed by atoms with van der Waals surface area (Å²) in [4.78, 5) is 8.00. The second kappa shape index (κ2) is 6.82. The SMILES string of the molecule is OCC(NCc1ccc(Cl)nc1Cl)c1cccnc1. The lowest BCUT2D eigenvalue weighted by molar-refractivity contribution is 0.243. The fourth-order valence-corrected chi connectivity index (χ4v) is 2.09. The van der Waals surface area contributed by atoms with Gasteiger partial charge in [0.05, 0.1) is 12.6 Å². The highest BCUT2D eigenvalue weighted by Crippen LogP contribution is 2.18. The summed E-state index contributed by atoms with van der Waals surface area (Å²) in [5.74, 6) is 0. The molecule has 2 rings (SSSR count). The Morgan fingerprint density at radius 1 is 1.26 bits per heavy atom. The molecular weight excluding hydrogens is 285 g/mol. The molecule has 1 atom stereocenters. The Morgan fingerprint density at radius 3 is 2.74 bits per heavy atom. The molecule has 0 aliphatic carbocycles. The maximum atomic E-state index is 9.41. The summed E-state index contributed by atoms with van der Waals surface area (Å²) in [5, 5.41) is 13.3. The molecule has 4 nitrogen and oxygen atoms in total. The van der Waals surface area contributed by atoms with Crippen molar-refractivity contribution in [1.82, 2.24) is 15.3 Å². The van der Waals surface area contributed by atoms with Crippen molar-refractivity contribution in [3.8, 4) is 0 Å². The summed E-state index contributed by atoms with van der Waals surface area (Å²) in [6.07, 6.45) is 3.41. The van der Waals surface area contributed by atoms with Crippen LogP contribution >= 0.6 is 23.2 Å². The average molecular weight is 298 g/mol. The third-order valence-electron chi connectivity index (χ3n) is 2.70. The third-order valence-corrected chi connectivity index (χ3v) is 3.24. The van der Waals surface area contributed by atoms with Gasteiger partial charge in [0.1, 0.15) is 10.3 Å². The number of hydrogen-bond acceptors (Lipinski definition) is 4. The first-order valence-corrected chi connectivity index (χ1v) is 6.51. The van der Waals surface area contributed by atoms with Gasteiger partial charge in [0.15, 0.2) is 0 Å². The van der Waals surface area contributed by atoms with Crippen molar-refractivity contribution in [3.63, 3.8) is 0 Å². The predicted molar refractivity (Wildman–Crippen MR) is 75.2 cm³/mol. The maximum Gasteiger partial charge on any atom is 0.135 e. The van der Waals surface area contributed by atoms with Crippen LogP contribution in [0, 0.1) is 0 Å². The van der Waals surface area contributed by atoms with E-state index in [9.17, 15) is 5.11 Å². The number of nitrogens with zero attached hydrogens (tertiary/aromatic N) is 2. The fourth-order valence-electron chi connectivity index (χ4n) is 1.68. The summed E-state index contributed by atoms with van der Waals surface area (Å²) >= 11 is 11.7. The number of aliphatic hydroxyl groups excluding tert-OH is 1. The second-order valence-corrected chi connectivity index (χ2v) is 4.73. The van der Waals surface area contributed by atoms with E-state index in [1.807, 2.05) is 18.2 Å². The van der Waals surface area contributed by atoms with Gasteiger partial charge in [-0.15, -0.1) is 0 Å². The first-order valence-electron chi connectivity index (χ1n) is 5.76. The smallest absolute Gasteiger partial charge is 0.135 e.